The van der Waals surface area contributed by atoms with E-state index in [1.165, 1.54) is 0 Å². The van der Waals surface area contributed by atoms with E-state index in [0.717, 1.165) is 16.9 Å². The molecule has 0 radical (unpaired) electrons. The maximum absolute atomic E-state index is 13.3. The molecule has 1 amide bonds. The third kappa shape index (κ3) is 3.41. The third-order valence-electron chi connectivity index (χ3n) is 5.19. The minimum Gasteiger partial charge on any atom is -0.378 e. The summed E-state index contributed by atoms with van der Waals surface area (Å²) in [6, 6.07) is 7.93. The number of carbonyl (C=O) groups is 1. The lowest BCUT2D eigenvalue weighted by atomic mass is 10.0. The van der Waals surface area contributed by atoms with Gasteiger partial charge < -0.3 is 9.64 Å². The lowest BCUT2D eigenvalue weighted by Crippen LogP contribution is -2.41. The van der Waals surface area contributed by atoms with Gasteiger partial charge in [-0.15, -0.1) is 0 Å². The van der Waals surface area contributed by atoms with Crippen molar-refractivity contribution >= 4 is 22.3 Å². The Kier molecular flexibility index (Phi) is 5.34. The summed E-state index contributed by atoms with van der Waals surface area (Å²) < 4.78 is 20.0. The van der Waals surface area contributed by atoms with Crippen LogP contribution in [0, 0.1) is 6.92 Å². The summed E-state index contributed by atoms with van der Waals surface area (Å²) in [7, 11) is -1.31. The van der Waals surface area contributed by atoms with Gasteiger partial charge in [-0.1, -0.05) is 43.0 Å². The van der Waals surface area contributed by atoms with E-state index in [-0.39, 0.29) is 11.7 Å². The number of carbonyl (C=O) groups excluding carboxylic acids is 1. The normalized spacial score (nSPS) is 19.1. The number of morpholine rings is 1. The molecule has 6 nitrogen and oxygen atoms in total. The quantitative estimate of drug-likeness (QED) is 0.779. The molecule has 4 rings (SSSR count). The highest BCUT2D eigenvalue weighted by molar-refractivity contribution is 7.88. The molecular formula is C22H23N3O3S. The van der Waals surface area contributed by atoms with Crippen molar-refractivity contribution in [2.45, 2.75) is 12.7 Å². The molecule has 0 aliphatic carbocycles. The van der Waals surface area contributed by atoms with E-state index in [0.29, 0.717) is 48.0 Å². The number of benzene rings is 1. The van der Waals surface area contributed by atoms with Crippen LogP contribution in [0.25, 0.3) is 11.3 Å². The third-order valence-corrected chi connectivity index (χ3v) is 6.62. The van der Waals surface area contributed by atoms with Crippen molar-refractivity contribution in [3.8, 4) is 5.69 Å². The molecule has 1 saturated heterocycles. The highest BCUT2D eigenvalue weighted by atomic mass is 32.2. The minimum atomic E-state index is -1.31. The van der Waals surface area contributed by atoms with Gasteiger partial charge in [0.1, 0.15) is 0 Å². The average Bonchev–Trinajstić information content (AvgIpc) is 3.12. The van der Waals surface area contributed by atoms with Crippen molar-refractivity contribution in [3.63, 3.8) is 0 Å². The molecule has 0 N–H and O–H groups in total. The molecule has 0 saturated carbocycles. The second-order valence-electron chi connectivity index (χ2n) is 7.00. The molecule has 2 aliphatic heterocycles. The molecule has 1 aromatic heterocycles. The van der Waals surface area contributed by atoms with Crippen LogP contribution in [0.5, 0.6) is 0 Å². The number of allylic oxidation sites excluding steroid dienone is 3. The number of hydrogen-bond donors (Lipinski definition) is 0. The van der Waals surface area contributed by atoms with E-state index in [9.17, 15) is 9.00 Å². The molecule has 2 aromatic rings. The van der Waals surface area contributed by atoms with Crippen LogP contribution in [0.2, 0.25) is 0 Å². The second kappa shape index (κ2) is 7.93. The summed E-state index contributed by atoms with van der Waals surface area (Å²) in [6.45, 7) is 11.8. The van der Waals surface area contributed by atoms with Gasteiger partial charge in [-0.05, 0) is 19.1 Å². The maximum Gasteiger partial charge on any atom is 0.274 e. The Labute approximate surface area is 172 Å². The zero-order valence-corrected chi connectivity index (χ0v) is 17.2. The van der Waals surface area contributed by atoms with Gasteiger partial charge in [0.05, 0.1) is 41.1 Å². The zero-order chi connectivity index (χ0) is 20.5. The Hall–Kier alpha value is -2.77. The van der Waals surface area contributed by atoms with Gasteiger partial charge in [0.2, 0.25) is 0 Å². The first-order chi connectivity index (χ1) is 14.0. The predicted molar refractivity (Wildman–Crippen MR) is 114 cm³/mol. The summed E-state index contributed by atoms with van der Waals surface area (Å²) in [5, 5.41) is 4.70. The van der Waals surface area contributed by atoms with E-state index < -0.39 is 10.8 Å². The van der Waals surface area contributed by atoms with E-state index in [2.05, 4.69) is 13.2 Å². The standard InChI is InChI=1S/C22H23N3O3S/c1-4-17-19(5-2)29(27)14-18-20(22(26)24-10-12-28-13-11-24)23-25(21(17)18)16-8-6-15(3)7-9-16/h4-9H,1-2,10-14H2,3H3. The molecule has 7 heteroatoms. The largest absolute Gasteiger partial charge is 0.378 e. The fraction of sp³-hybridized carbons (Fsp3) is 0.273. The summed E-state index contributed by atoms with van der Waals surface area (Å²) in [6.07, 6.45) is 3.27. The Balaban J connectivity index is 1.93. The molecule has 29 heavy (non-hydrogen) atoms. The number of fused-ring (bicyclic) bond motifs is 1. The summed E-state index contributed by atoms with van der Waals surface area (Å²) in [4.78, 5) is 15.6. The van der Waals surface area contributed by atoms with Gasteiger partial charge in [-0.2, -0.15) is 5.10 Å². The van der Waals surface area contributed by atoms with Gasteiger partial charge in [0, 0.05) is 29.1 Å². The molecule has 0 spiro atoms. The van der Waals surface area contributed by atoms with E-state index in [4.69, 9.17) is 9.84 Å². The molecule has 150 valence electrons. The lowest BCUT2D eigenvalue weighted by Gasteiger charge is -2.26. The minimum absolute atomic E-state index is 0.155. The van der Waals surface area contributed by atoms with Gasteiger partial charge in [0.25, 0.3) is 5.91 Å². The number of ether oxygens (including phenoxy) is 1. The first kappa shape index (κ1) is 19.5. The van der Waals surface area contributed by atoms with E-state index in [1.807, 2.05) is 31.2 Å². The number of aryl methyl sites for hydroxylation is 1. The highest BCUT2D eigenvalue weighted by Gasteiger charge is 2.34. The molecule has 1 unspecified atom stereocenters. The monoisotopic (exact) mass is 409 g/mol. The molecule has 2 aliphatic rings. The Morgan fingerprint density at radius 1 is 1.17 bits per heavy atom. The van der Waals surface area contributed by atoms with Crippen molar-refractivity contribution in [2.24, 2.45) is 0 Å². The van der Waals surface area contributed by atoms with Gasteiger partial charge in [-0.25, -0.2) is 4.68 Å². The van der Waals surface area contributed by atoms with Crippen molar-refractivity contribution in [1.82, 2.24) is 14.7 Å². The molecular weight excluding hydrogens is 386 g/mol. The first-order valence-electron chi connectivity index (χ1n) is 9.49. The predicted octanol–water partition coefficient (Wildman–Crippen LogP) is 3.00. The molecule has 1 atom stereocenters. The van der Waals surface area contributed by atoms with Crippen molar-refractivity contribution in [2.75, 3.05) is 26.3 Å². The highest BCUT2D eigenvalue weighted by Crippen LogP contribution is 2.36. The summed E-state index contributed by atoms with van der Waals surface area (Å²) in [5.74, 6) is 0.0727. The Morgan fingerprint density at radius 2 is 1.86 bits per heavy atom. The molecule has 3 heterocycles. The zero-order valence-electron chi connectivity index (χ0n) is 16.4. The number of hydrogen-bond acceptors (Lipinski definition) is 4. The maximum atomic E-state index is 13.3. The van der Waals surface area contributed by atoms with Crippen LogP contribution in [0.3, 0.4) is 0 Å². The lowest BCUT2D eigenvalue weighted by molar-refractivity contribution is 0.0298. The van der Waals surface area contributed by atoms with Crippen molar-refractivity contribution < 1.29 is 13.7 Å². The van der Waals surface area contributed by atoms with Crippen LogP contribution in [-0.2, 0) is 21.3 Å². The van der Waals surface area contributed by atoms with Crippen molar-refractivity contribution in [1.29, 1.82) is 0 Å². The van der Waals surface area contributed by atoms with Gasteiger partial charge >= 0.3 is 0 Å². The van der Waals surface area contributed by atoms with Crippen LogP contribution in [0.1, 0.15) is 27.3 Å². The van der Waals surface area contributed by atoms with E-state index >= 15 is 0 Å². The van der Waals surface area contributed by atoms with E-state index in [1.54, 1.807) is 21.7 Å². The molecule has 0 bridgehead atoms. The second-order valence-corrected chi connectivity index (χ2v) is 8.42. The molecule has 1 aromatic carbocycles. The first-order valence-corrected chi connectivity index (χ1v) is 10.8. The fourth-order valence-electron chi connectivity index (χ4n) is 3.67. The number of nitrogens with zero attached hydrogens (tertiary/aromatic N) is 3. The number of aromatic nitrogens is 2. The average molecular weight is 410 g/mol. The van der Waals surface area contributed by atoms with Crippen LogP contribution in [0.15, 0.2) is 54.5 Å². The summed E-state index contributed by atoms with van der Waals surface area (Å²) >= 11 is 0. The number of rotatable bonds is 4. The summed E-state index contributed by atoms with van der Waals surface area (Å²) in [5.41, 5.74) is 4.47. The van der Waals surface area contributed by atoms with Crippen LogP contribution in [0.4, 0.5) is 0 Å². The van der Waals surface area contributed by atoms with Crippen LogP contribution >= 0.6 is 0 Å². The Bertz CT molecular complexity index is 1040. The molecule has 1 fully saturated rings. The van der Waals surface area contributed by atoms with Crippen LogP contribution < -0.4 is 0 Å². The fourth-order valence-corrected chi connectivity index (χ4v) is 4.98. The Morgan fingerprint density at radius 3 is 2.48 bits per heavy atom. The van der Waals surface area contributed by atoms with Crippen LogP contribution in [-0.4, -0.2) is 51.1 Å². The number of amides is 1. The topological polar surface area (TPSA) is 64.4 Å². The van der Waals surface area contributed by atoms with Gasteiger partial charge in [0.15, 0.2) is 5.69 Å². The smallest absolute Gasteiger partial charge is 0.274 e. The van der Waals surface area contributed by atoms with Gasteiger partial charge in [-0.3, -0.25) is 9.00 Å². The SMILES string of the molecule is C=CC1=C(C=C)S(=O)Cc2c(C(=O)N3CCOCC3)nn(-c3ccc(C)cc3)c21. The van der Waals surface area contributed by atoms with Crippen molar-refractivity contribution in [3.05, 3.63) is 77.0 Å².